The molecule has 5 nitrogen and oxygen atoms in total. The van der Waals surface area contributed by atoms with E-state index in [-0.39, 0.29) is 17.4 Å². The number of halogens is 1. The Hall–Kier alpha value is -3.15. The maximum absolute atomic E-state index is 13.8. The van der Waals surface area contributed by atoms with E-state index in [1.807, 2.05) is 31.2 Å². The average molecular weight is 438 g/mol. The number of ether oxygens (including phenoxy) is 1. The Morgan fingerprint density at radius 2 is 1.78 bits per heavy atom. The van der Waals surface area contributed by atoms with Crippen molar-refractivity contribution in [2.24, 2.45) is 0 Å². The van der Waals surface area contributed by atoms with Crippen LogP contribution in [0.2, 0.25) is 0 Å². The van der Waals surface area contributed by atoms with Gasteiger partial charge in [-0.2, -0.15) is 0 Å². The number of Topliss-reactive ketones (excluding diaryl/α,β-unsaturated/α-hetero) is 1. The molecule has 0 aromatic heterocycles. The van der Waals surface area contributed by atoms with Gasteiger partial charge in [0.25, 0.3) is 11.7 Å². The molecule has 1 amide bonds. The van der Waals surface area contributed by atoms with Crippen LogP contribution in [-0.2, 0) is 9.59 Å². The molecule has 0 bridgehead atoms. The number of hydrogen-bond acceptors (Lipinski definition) is 4. The van der Waals surface area contributed by atoms with Gasteiger partial charge in [-0.3, -0.25) is 9.59 Å². The maximum atomic E-state index is 13.8. The molecule has 2 aliphatic rings. The van der Waals surface area contributed by atoms with Crippen LogP contribution in [0.3, 0.4) is 0 Å². The molecular formula is C26H28FNO4. The zero-order valence-electron chi connectivity index (χ0n) is 18.4. The van der Waals surface area contributed by atoms with E-state index < -0.39 is 23.5 Å². The fraction of sp³-hybridized carbons (Fsp3) is 0.385. The molecule has 1 atom stereocenters. The Kier molecular flexibility index (Phi) is 6.31. The molecule has 4 rings (SSSR count). The van der Waals surface area contributed by atoms with Gasteiger partial charge in [0.1, 0.15) is 17.3 Å². The Morgan fingerprint density at radius 1 is 1.09 bits per heavy atom. The van der Waals surface area contributed by atoms with Gasteiger partial charge in [0, 0.05) is 11.6 Å². The summed E-state index contributed by atoms with van der Waals surface area (Å²) in [5.74, 6) is -1.26. The third kappa shape index (κ3) is 4.01. The Labute approximate surface area is 187 Å². The topological polar surface area (TPSA) is 66.8 Å². The SMILES string of the molecule is CCOc1ccc(C2/C(=C(/O)c3ccc(F)c(C)c3)C(=O)C(=O)N2C2CCCCC2)cc1. The number of benzene rings is 2. The summed E-state index contributed by atoms with van der Waals surface area (Å²) in [6.07, 6.45) is 4.77. The van der Waals surface area contributed by atoms with Crippen molar-refractivity contribution in [3.8, 4) is 5.75 Å². The monoisotopic (exact) mass is 437 g/mol. The first-order valence-corrected chi connectivity index (χ1v) is 11.2. The van der Waals surface area contributed by atoms with Gasteiger partial charge < -0.3 is 14.7 Å². The predicted molar refractivity (Wildman–Crippen MR) is 120 cm³/mol. The lowest BCUT2D eigenvalue weighted by atomic mass is 9.91. The number of nitrogens with zero attached hydrogens (tertiary/aromatic N) is 1. The minimum atomic E-state index is -0.700. The highest BCUT2D eigenvalue weighted by Gasteiger charge is 2.48. The first-order chi connectivity index (χ1) is 15.4. The molecule has 1 aliphatic carbocycles. The molecule has 6 heteroatoms. The van der Waals surface area contributed by atoms with Crippen LogP contribution in [0.1, 0.15) is 61.8 Å². The lowest BCUT2D eigenvalue weighted by Crippen LogP contribution is -2.40. The minimum absolute atomic E-state index is 0.0516. The van der Waals surface area contributed by atoms with Crippen molar-refractivity contribution in [3.05, 3.63) is 70.5 Å². The summed E-state index contributed by atoms with van der Waals surface area (Å²) in [7, 11) is 0. The van der Waals surface area contributed by atoms with E-state index in [4.69, 9.17) is 4.74 Å². The van der Waals surface area contributed by atoms with E-state index in [0.29, 0.717) is 23.5 Å². The summed E-state index contributed by atoms with van der Waals surface area (Å²) in [4.78, 5) is 28.0. The quantitative estimate of drug-likeness (QED) is 0.392. The molecule has 32 heavy (non-hydrogen) atoms. The van der Waals surface area contributed by atoms with Crippen LogP contribution in [0.25, 0.3) is 5.76 Å². The van der Waals surface area contributed by atoms with Gasteiger partial charge in [-0.1, -0.05) is 31.4 Å². The largest absolute Gasteiger partial charge is 0.507 e. The summed E-state index contributed by atoms with van der Waals surface area (Å²) in [6, 6.07) is 10.7. The number of ketones is 1. The molecule has 168 valence electrons. The van der Waals surface area contributed by atoms with Crippen molar-refractivity contribution in [2.45, 2.75) is 58.0 Å². The van der Waals surface area contributed by atoms with Crippen LogP contribution < -0.4 is 4.74 Å². The van der Waals surface area contributed by atoms with E-state index in [1.54, 1.807) is 11.8 Å². The summed E-state index contributed by atoms with van der Waals surface area (Å²) in [5, 5.41) is 11.1. The van der Waals surface area contributed by atoms with Crippen LogP contribution >= 0.6 is 0 Å². The Morgan fingerprint density at radius 3 is 2.41 bits per heavy atom. The number of carbonyl (C=O) groups excluding carboxylic acids is 2. The third-order valence-corrected chi connectivity index (χ3v) is 6.39. The Balaban J connectivity index is 1.84. The lowest BCUT2D eigenvalue weighted by Gasteiger charge is -2.35. The molecule has 2 aromatic carbocycles. The third-order valence-electron chi connectivity index (χ3n) is 6.39. The van der Waals surface area contributed by atoms with Crippen molar-refractivity contribution in [2.75, 3.05) is 6.61 Å². The highest BCUT2D eigenvalue weighted by Crippen LogP contribution is 2.43. The number of aryl methyl sites for hydroxylation is 1. The summed E-state index contributed by atoms with van der Waals surface area (Å²) < 4.78 is 19.3. The molecule has 1 saturated carbocycles. The van der Waals surface area contributed by atoms with Crippen molar-refractivity contribution < 1.29 is 23.8 Å². The van der Waals surface area contributed by atoms with Gasteiger partial charge in [0.15, 0.2) is 0 Å². The molecule has 1 N–H and O–H groups in total. The van der Waals surface area contributed by atoms with Crippen LogP contribution in [-0.4, -0.2) is 34.3 Å². The van der Waals surface area contributed by atoms with E-state index in [0.717, 1.165) is 37.7 Å². The van der Waals surface area contributed by atoms with Gasteiger partial charge in [-0.05, 0) is 68.1 Å². The first-order valence-electron chi connectivity index (χ1n) is 11.2. The molecule has 1 saturated heterocycles. The fourth-order valence-corrected chi connectivity index (χ4v) is 4.77. The highest BCUT2D eigenvalue weighted by molar-refractivity contribution is 6.46. The smallest absolute Gasteiger partial charge is 0.295 e. The zero-order chi connectivity index (χ0) is 22.8. The van der Waals surface area contributed by atoms with Crippen molar-refractivity contribution in [3.63, 3.8) is 0 Å². The normalized spacial score (nSPS) is 21.2. The van der Waals surface area contributed by atoms with E-state index >= 15 is 0 Å². The second kappa shape index (κ2) is 9.15. The second-order valence-electron chi connectivity index (χ2n) is 8.46. The van der Waals surface area contributed by atoms with Gasteiger partial charge in [-0.15, -0.1) is 0 Å². The van der Waals surface area contributed by atoms with E-state index in [1.165, 1.54) is 18.2 Å². The molecule has 1 aliphatic heterocycles. The Bertz CT molecular complexity index is 1050. The summed E-state index contributed by atoms with van der Waals surface area (Å²) >= 11 is 0. The molecular weight excluding hydrogens is 409 g/mol. The fourth-order valence-electron chi connectivity index (χ4n) is 4.77. The number of rotatable bonds is 5. The first kappa shape index (κ1) is 22.1. The maximum Gasteiger partial charge on any atom is 0.295 e. The molecule has 0 spiro atoms. The van der Waals surface area contributed by atoms with E-state index in [2.05, 4.69) is 0 Å². The molecule has 2 fully saturated rings. The molecule has 0 radical (unpaired) electrons. The van der Waals surface area contributed by atoms with Crippen LogP contribution in [0, 0.1) is 12.7 Å². The molecule has 1 unspecified atom stereocenters. The van der Waals surface area contributed by atoms with Crippen LogP contribution in [0.4, 0.5) is 4.39 Å². The minimum Gasteiger partial charge on any atom is -0.507 e. The van der Waals surface area contributed by atoms with Crippen molar-refractivity contribution >= 4 is 17.4 Å². The van der Waals surface area contributed by atoms with Gasteiger partial charge in [0.05, 0.1) is 18.2 Å². The standard InChI is InChI=1S/C26H28FNO4/c1-3-32-20-12-9-17(10-13-20)23-22(24(29)18-11-14-21(27)16(2)15-18)25(30)26(31)28(23)19-7-5-4-6-8-19/h9-15,19,23,29H,3-8H2,1-2H3/b24-22-. The second-order valence-corrected chi connectivity index (χ2v) is 8.46. The number of aliphatic hydroxyl groups is 1. The average Bonchev–Trinajstić information content (AvgIpc) is 3.07. The number of hydrogen-bond donors (Lipinski definition) is 1. The van der Waals surface area contributed by atoms with Gasteiger partial charge in [0.2, 0.25) is 0 Å². The highest BCUT2D eigenvalue weighted by atomic mass is 19.1. The van der Waals surface area contributed by atoms with Crippen LogP contribution in [0.15, 0.2) is 48.0 Å². The zero-order valence-corrected chi connectivity index (χ0v) is 18.4. The number of likely N-dealkylation sites (tertiary alicyclic amines) is 1. The van der Waals surface area contributed by atoms with Gasteiger partial charge in [-0.25, -0.2) is 4.39 Å². The predicted octanol–water partition coefficient (Wildman–Crippen LogP) is 5.29. The number of aliphatic hydroxyl groups excluding tert-OH is 1. The summed E-state index contributed by atoms with van der Waals surface area (Å²) in [5.41, 5.74) is 1.46. The summed E-state index contributed by atoms with van der Waals surface area (Å²) in [6.45, 7) is 4.02. The van der Waals surface area contributed by atoms with E-state index in [9.17, 15) is 19.1 Å². The number of carbonyl (C=O) groups is 2. The lowest BCUT2D eigenvalue weighted by molar-refractivity contribution is -0.141. The van der Waals surface area contributed by atoms with Crippen molar-refractivity contribution in [1.29, 1.82) is 0 Å². The molecule has 2 aromatic rings. The van der Waals surface area contributed by atoms with Crippen LogP contribution in [0.5, 0.6) is 5.75 Å². The molecule has 1 heterocycles. The van der Waals surface area contributed by atoms with Crippen molar-refractivity contribution in [1.82, 2.24) is 4.90 Å². The van der Waals surface area contributed by atoms with Gasteiger partial charge >= 0.3 is 0 Å². The number of amides is 1.